The highest BCUT2D eigenvalue weighted by atomic mass is 79.9. The van der Waals surface area contributed by atoms with E-state index in [4.69, 9.17) is 10.5 Å². The zero-order valence-corrected chi connectivity index (χ0v) is 11.8. The molecule has 1 fully saturated rings. The van der Waals surface area contributed by atoms with Crippen LogP contribution in [0.3, 0.4) is 0 Å². The number of carbonyl (C=O) groups is 1. The van der Waals surface area contributed by atoms with E-state index in [0.717, 1.165) is 0 Å². The second kappa shape index (κ2) is 4.50. The van der Waals surface area contributed by atoms with Gasteiger partial charge >= 0.3 is 0 Å². The van der Waals surface area contributed by atoms with Crippen LogP contribution >= 0.6 is 15.9 Å². The molecule has 0 aromatic heterocycles. The Kier molecular flexibility index (Phi) is 3.32. The van der Waals surface area contributed by atoms with Gasteiger partial charge in [0.2, 0.25) is 0 Å². The summed E-state index contributed by atoms with van der Waals surface area (Å²) in [5, 5.41) is 0. The molecule has 5 heteroatoms. The van der Waals surface area contributed by atoms with Gasteiger partial charge in [-0.25, -0.2) is 4.79 Å². The predicted octanol–water partition coefficient (Wildman–Crippen LogP) is 1.28. The van der Waals surface area contributed by atoms with Crippen LogP contribution in [-0.2, 0) is 14.3 Å². The molecule has 2 aliphatic carbocycles. The van der Waals surface area contributed by atoms with Crippen molar-refractivity contribution < 1.29 is 14.3 Å². The Morgan fingerprint density at radius 2 is 2.22 bits per heavy atom. The number of halogens is 1. The standard InChI is InChI=1S/C13H14BrNO3/c1-3-18-9-5-4-7-10(8(9)6-16)11(15)13(2,14)12(7)17/h4-5,10-11H,3,15H2,1-2H3. The molecular formula is C13H14BrNO3. The van der Waals surface area contributed by atoms with Crippen LogP contribution in [0, 0.1) is 5.92 Å². The van der Waals surface area contributed by atoms with Crippen molar-refractivity contribution in [3.63, 3.8) is 0 Å². The molecule has 0 spiro atoms. The van der Waals surface area contributed by atoms with Gasteiger partial charge in [0.1, 0.15) is 16.0 Å². The molecule has 18 heavy (non-hydrogen) atoms. The molecule has 0 heterocycles. The molecule has 0 aromatic carbocycles. The van der Waals surface area contributed by atoms with Crippen LogP contribution in [0.4, 0.5) is 0 Å². The molecule has 0 aromatic rings. The fraction of sp³-hybridized carbons (Fsp3) is 0.462. The molecular weight excluding hydrogens is 298 g/mol. The van der Waals surface area contributed by atoms with Crippen LogP contribution in [0.25, 0.3) is 0 Å². The van der Waals surface area contributed by atoms with Crippen molar-refractivity contribution in [3.05, 3.63) is 29.1 Å². The van der Waals surface area contributed by atoms with Gasteiger partial charge in [-0.2, -0.15) is 0 Å². The van der Waals surface area contributed by atoms with Crippen LogP contribution in [0.1, 0.15) is 13.8 Å². The van der Waals surface area contributed by atoms with Gasteiger partial charge in [0, 0.05) is 17.5 Å². The summed E-state index contributed by atoms with van der Waals surface area (Å²) in [6.07, 6.45) is 3.32. The van der Waals surface area contributed by atoms with Crippen molar-refractivity contribution in [2.75, 3.05) is 6.61 Å². The highest BCUT2D eigenvalue weighted by molar-refractivity contribution is 9.10. The van der Waals surface area contributed by atoms with Gasteiger partial charge in [-0.1, -0.05) is 22.0 Å². The van der Waals surface area contributed by atoms with Gasteiger partial charge in [0.25, 0.3) is 0 Å². The Hall–Kier alpha value is -1.16. The van der Waals surface area contributed by atoms with Crippen molar-refractivity contribution in [2.24, 2.45) is 11.7 Å². The SMILES string of the molecule is CCOC1=CC=C2C(=O)C(C)(Br)C(N)C2C1=C=O. The topological polar surface area (TPSA) is 69.4 Å². The first-order chi connectivity index (χ1) is 8.45. The van der Waals surface area contributed by atoms with E-state index in [1.807, 2.05) is 12.9 Å². The van der Waals surface area contributed by atoms with Crippen LogP contribution in [-0.4, -0.2) is 28.7 Å². The normalized spacial score (nSPS) is 34.7. The summed E-state index contributed by atoms with van der Waals surface area (Å²) in [5.41, 5.74) is 6.97. The molecule has 0 saturated heterocycles. The Labute approximate surface area is 114 Å². The monoisotopic (exact) mass is 311 g/mol. The summed E-state index contributed by atoms with van der Waals surface area (Å²) in [4.78, 5) is 23.3. The fourth-order valence-corrected chi connectivity index (χ4v) is 2.89. The van der Waals surface area contributed by atoms with Crippen molar-refractivity contribution >= 4 is 27.7 Å². The van der Waals surface area contributed by atoms with Crippen LogP contribution in [0.5, 0.6) is 0 Å². The highest BCUT2D eigenvalue weighted by Gasteiger charge is 2.54. The number of Topliss-reactive ketones (excluding diaryl/α,β-unsaturated/α-hetero) is 1. The summed E-state index contributed by atoms with van der Waals surface area (Å²) in [7, 11) is 0. The van der Waals surface area contributed by atoms with E-state index in [-0.39, 0.29) is 5.78 Å². The number of carbonyl (C=O) groups excluding carboxylic acids is 2. The van der Waals surface area contributed by atoms with Crippen molar-refractivity contribution in [1.82, 2.24) is 0 Å². The lowest BCUT2D eigenvalue weighted by molar-refractivity contribution is -0.116. The van der Waals surface area contributed by atoms with Crippen LogP contribution in [0.2, 0.25) is 0 Å². The fourth-order valence-electron chi connectivity index (χ4n) is 2.40. The molecule has 1 saturated carbocycles. The molecule has 0 bridgehead atoms. The molecule has 2 N–H and O–H groups in total. The third-order valence-corrected chi connectivity index (χ3v) is 4.32. The van der Waals surface area contributed by atoms with E-state index >= 15 is 0 Å². The van der Waals surface area contributed by atoms with E-state index in [9.17, 15) is 9.59 Å². The highest BCUT2D eigenvalue weighted by Crippen LogP contribution is 2.46. The quantitative estimate of drug-likeness (QED) is 0.616. The Balaban J connectivity index is 2.52. The first kappa shape index (κ1) is 13.3. The smallest absolute Gasteiger partial charge is 0.177 e. The number of ether oxygens (including phenoxy) is 1. The third-order valence-electron chi connectivity index (χ3n) is 3.43. The van der Waals surface area contributed by atoms with Gasteiger partial charge in [-0.15, -0.1) is 0 Å². The minimum atomic E-state index is -0.846. The van der Waals surface area contributed by atoms with Crippen LogP contribution < -0.4 is 5.73 Å². The summed E-state index contributed by atoms with van der Waals surface area (Å²) in [6, 6.07) is -0.503. The Morgan fingerprint density at radius 3 is 2.78 bits per heavy atom. The van der Waals surface area contributed by atoms with Gasteiger partial charge in [0.05, 0.1) is 12.2 Å². The van der Waals surface area contributed by atoms with Gasteiger partial charge < -0.3 is 10.5 Å². The number of ketones is 1. The maximum atomic E-state index is 12.2. The lowest BCUT2D eigenvalue weighted by atomic mass is 9.86. The maximum Gasteiger partial charge on any atom is 0.177 e. The number of nitrogens with two attached hydrogens (primary N) is 1. The summed E-state index contributed by atoms with van der Waals surface area (Å²) < 4.78 is 4.53. The number of hydrogen-bond acceptors (Lipinski definition) is 4. The van der Waals surface area contributed by atoms with Crippen LogP contribution in [0.15, 0.2) is 29.1 Å². The summed E-state index contributed by atoms with van der Waals surface area (Å²) in [6.45, 7) is 4.00. The molecule has 0 radical (unpaired) electrons. The Morgan fingerprint density at radius 1 is 1.56 bits per heavy atom. The molecule has 0 amide bonds. The first-order valence-corrected chi connectivity index (χ1v) is 6.53. The number of fused-ring (bicyclic) bond motifs is 1. The second-order valence-electron chi connectivity index (χ2n) is 4.51. The van der Waals surface area contributed by atoms with Crippen molar-refractivity contribution in [1.29, 1.82) is 0 Å². The summed E-state index contributed by atoms with van der Waals surface area (Å²) in [5.74, 6) is 1.81. The molecule has 96 valence electrons. The number of allylic oxidation sites excluding steroid dienone is 3. The number of hydrogen-bond donors (Lipinski definition) is 1. The van der Waals surface area contributed by atoms with E-state index < -0.39 is 16.3 Å². The average Bonchev–Trinajstić information content (AvgIpc) is 2.52. The lowest BCUT2D eigenvalue weighted by Gasteiger charge is -2.25. The van der Waals surface area contributed by atoms with E-state index in [1.165, 1.54) is 0 Å². The average molecular weight is 312 g/mol. The maximum absolute atomic E-state index is 12.2. The van der Waals surface area contributed by atoms with Gasteiger partial charge in [-0.05, 0) is 19.9 Å². The molecule has 2 aliphatic rings. The second-order valence-corrected chi connectivity index (χ2v) is 6.16. The molecule has 2 rings (SSSR count). The van der Waals surface area contributed by atoms with E-state index in [1.54, 1.807) is 19.1 Å². The lowest BCUT2D eigenvalue weighted by Crippen LogP contribution is -2.43. The third kappa shape index (κ3) is 1.70. The van der Waals surface area contributed by atoms with E-state index in [2.05, 4.69) is 15.9 Å². The molecule has 3 unspecified atom stereocenters. The summed E-state index contributed by atoms with van der Waals surface area (Å²) >= 11 is 3.36. The predicted molar refractivity (Wildman–Crippen MR) is 70.8 cm³/mol. The number of alkyl halides is 1. The molecule has 3 atom stereocenters. The first-order valence-electron chi connectivity index (χ1n) is 5.74. The molecule has 0 aliphatic heterocycles. The largest absolute Gasteiger partial charge is 0.493 e. The van der Waals surface area contributed by atoms with Crippen molar-refractivity contribution in [2.45, 2.75) is 24.2 Å². The van der Waals surface area contributed by atoms with E-state index in [0.29, 0.717) is 23.5 Å². The van der Waals surface area contributed by atoms with Crippen molar-refractivity contribution in [3.8, 4) is 0 Å². The van der Waals surface area contributed by atoms with Gasteiger partial charge in [-0.3, -0.25) is 4.79 Å². The Bertz CT molecular complexity index is 512. The molecule has 4 nitrogen and oxygen atoms in total. The minimum Gasteiger partial charge on any atom is -0.493 e. The van der Waals surface area contributed by atoms with Gasteiger partial charge in [0.15, 0.2) is 5.78 Å². The minimum absolute atomic E-state index is 0.0838. The zero-order valence-electron chi connectivity index (χ0n) is 10.2. The zero-order chi connectivity index (χ0) is 13.5. The number of rotatable bonds is 2.